The predicted molar refractivity (Wildman–Crippen MR) is 107 cm³/mol. The van der Waals surface area contributed by atoms with E-state index in [1.807, 2.05) is 6.07 Å². The fourth-order valence-electron chi connectivity index (χ4n) is 2.27. The molecule has 0 aliphatic carbocycles. The highest BCUT2D eigenvalue weighted by Gasteiger charge is 2.05. The summed E-state index contributed by atoms with van der Waals surface area (Å²) in [7, 11) is -3.74. The predicted octanol–water partition coefficient (Wildman–Crippen LogP) is 1.80. The van der Waals surface area contributed by atoms with Crippen molar-refractivity contribution < 1.29 is 8.42 Å². The molecule has 26 heavy (non-hydrogen) atoms. The number of anilines is 2. The number of halogens is 2. The Morgan fingerprint density at radius 1 is 1.12 bits per heavy atom. The van der Waals surface area contributed by atoms with E-state index in [0.29, 0.717) is 5.65 Å². The Balaban J connectivity index is 0.00000169. The third-order valence-electron chi connectivity index (χ3n) is 3.32. The summed E-state index contributed by atoms with van der Waals surface area (Å²) in [5.74, 6) is 0. The lowest BCUT2D eigenvalue weighted by Gasteiger charge is -2.10. The topological polar surface area (TPSA) is 130 Å². The molecule has 0 unspecified atom stereocenters. The van der Waals surface area contributed by atoms with Gasteiger partial charge in [-0.15, -0.1) is 24.8 Å². The fourth-order valence-corrected chi connectivity index (χ4v) is 2.63. The number of hydrogen-bond donors (Lipinski definition) is 4. The maximum Gasteiger partial charge on any atom is 0.274 e. The van der Waals surface area contributed by atoms with Gasteiger partial charge in [-0.2, -0.15) is 13.1 Å². The van der Waals surface area contributed by atoms with Gasteiger partial charge in [-0.1, -0.05) is 12.1 Å². The van der Waals surface area contributed by atoms with E-state index in [9.17, 15) is 13.2 Å². The van der Waals surface area contributed by atoms with Crippen LogP contribution >= 0.6 is 24.8 Å². The smallest absolute Gasteiger partial charge is 0.274 e. The van der Waals surface area contributed by atoms with E-state index in [-0.39, 0.29) is 36.9 Å². The summed E-state index contributed by atoms with van der Waals surface area (Å²) in [5, 5.41) is 8.93. The Kier molecular flexibility index (Phi) is 7.54. The molecule has 0 atom stereocenters. The van der Waals surface area contributed by atoms with Gasteiger partial charge in [-0.25, -0.2) is 10.1 Å². The van der Waals surface area contributed by atoms with Crippen molar-refractivity contribution in [1.29, 1.82) is 0 Å². The van der Waals surface area contributed by atoms with Gasteiger partial charge in [0.25, 0.3) is 10.2 Å². The number of H-pyrrole nitrogens is 1. The first-order valence-corrected chi connectivity index (χ1v) is 8.57. The van der Waals surface area contributed by atoms with Crippen LogP contribution in [-0.2, 0) is 16.8 Å². The highest BCUT2D eigenvalue weighted by Crippen LogP contribution is 2.23. The van der Waals surface area contributed by atoms with Crippen LogP contribution in [0.15, 0.2) is 53.5 Å². The molecule has 2 aromatic heterocycles. The van der Waals surface area contributed by atoms with E-state index < -0.39 is 10.2 Å². The molecule has 0 saturated heterocycles. The molecule has 0 saturated carbocycles. The molecule has 3 aromatic rings. The molecule has 0 fully saturated rings. The summed E-state index contributed by atoms with van der Waals surface area (Å²) in [6.07, 6.45) is 1.59. The SMILES string of the molecule is Cl.Cl.NS(=O)(=O)NCc1cccc(Nc2ccnc3[nH]c(=O)ccc23)c1. The van der Waals surface area contributed by atoms with Gasteiger partial charge in [0, 0.05) is 29.9 Å². The van der Waals surface area contributed by atoms with Crippen LogP contribution in [0.2, 0.25) is 0 Å². The Hall–Kier alpha value is -2.17. The van der Waals surface area contributed by atoms with E-state index in [0.717, 1.165) is 22.3 Å². The maximum atomic E-state index is 11.4. The summed E-state index contributed by atoms with van der Waals surface area (Å²) >= 11 is 0. The standard InChI is InChI=1S/C15H15N5O3S.2ClH/c16-24(22,23)18-9-10-2-1-3-11(8-10)19-13-6-7-17-15-12(13)4-5-14(21)20-15;;/h1-8,18H,9H2,(H2,16,22,23)(H2,17,19,20,21);2*1H. The molecule has 140 valence electrons. The number of rotatable bonds is 5. The minimum Gasteiger partial charge on any atom is -0.355 e. The van der Waals surface area contributed by atoms with Gasteiger partial charge >= 0.3 is 0 Å². The van der Waals surface area contributed by atoms with Gasteiger partial charge in [0.15, 0.2) is 0 Å². The zero-order valence-corrected chi connectivity index (χ0v) is 15.7. The molecule has 8 nitrogen and oxygen atoms in total. The second kappa shape index (κ2) is 8.97. The van der Waals surface area contributed by atoms with Gasteiger partial charge in [0.2, 0.25) is 5.56 Å². The molecule has 0 bridgehead atoms. The molecule has 5 N–H and O–H groups in total. The van der Waals surface area contributed by atoms with E-state index in [1.54, 1.807) is 36.5 Å². The minimum atomic E-state index is -3.74. The second-order valence-electron chi connectivity index (χ2n) is 5.13. The summed E-state index contributed by atoms with van der Waals surface area (Å²) < 4.78 is 24.2. The minimum absolute atomic E-state index is 0. The highest BCUT2D eigenvalue weighted by atomic mass is 35.5. The normalized spacial score (nSPS) is 10.7. The third kappa shape index (κ3) is 5.68. The van der Waals surface area contributed by atoms with Crippen molar-refractivity contribution in [2.75, 3.05) is 5.32 Å². The molecule has 11 heteroatoms. The van der Waals surface area contributed by atoms with Crippen LogP contribution in [0.25, 0.3) is 11.0 Å². The Morgan fingerprint density at radius 2 is 1.88 bits per heavy atom. The van der Waals surface area contributed by atoms with Crippen LogP contribution in [0.1, 0.15) is 5.56 Å². The Labute approximate surface area is 162 Å². The summed E-state index contributed by atoms with van der Waals surface area (Å²) in [6, 6.07) is 12.1. The van der Waals surface area contributed by atoms with E-state index in [2.05, 4.69) is 20.0 Å². The van der Waals surface area contributed by atoms with Gasteiger partial charge in [-0.3, -0.25) is 4.79 Å². The van der Waals surface area contributed by atoms with Crippen LogP contribution in [0.3, 0.4) is 0 Å². The number of nitrogens with one attached hydrogen (secondary N) is 3. The van der Waals surface area contributed by atoms with Crippen LogP contribution in [0, 0.1) is 0 Å². The van der Waals surface area contributed by atoms with Crippen molar-refractivity contribution in [3.63, 3.8) is 0 Å². The molecule has 0 amide bonds. The van der Waals surface area contributed by atoms with Crippen molar-refractivity contribution >= 4 is 57.4 Å². The summed E-state index contributed by atoms with van der Waals surface area (Å²) in [5.41, 5.74) is 2.55. The van der Waals surface area contributed by atoms with Crippen LogP contribution in [0.5, 0.6) is 0 Å². The molecule has 0 aliphatic heterocycles. The molecular weight excluding hydrogens is 401 g/mol. The average Bonchev–Trinajstić information content (AvgIpc) is 2.53. The van der Waals surface area contributed by atoms with Gasteiger partial charge < -0.3 is 10.3 Å². The van der Waals surface area contributed by atoms with Gasteiger partial charge in [0.05, 0.1) is 5.69 Å². The van der Waals surface area contributed by atoms with Gasteiger partial charge in [-0.05, 0) is 29.8 Å². The molecule has 2 heterocycles. The third-order valence-corrected chi connectivity index (χ3v) is 3.86. The molecule has 0 radical (unpaired) electrons. The van der Waals surface area contributed by atoms with Crippen molar-refractivity contribution in [2.45, 2.75) is 6.54 Å². The molecule has 1 aromatic carbocycles. The number of benzene rings is 1. The Morgan fingerprint density at radius 3 is 2.62 bits per heavy atom. The fraction of sp³-hybridized carbons (Fsp3) is 0.0667. The summed E-state index contributed by atoms with van der Waals surface area (Å²) in [6.45, 7) is 0.0960. The zero-order chi connectivity index (χ0) is 17.2. The number of aromatic nitrogens is 2. The van der Waals surface area contributed by atoms with Crippen LogP contribution < -0.4 is 20.7 Å². The number of aromatic amines is 1. The highest BCUT2D eigenvalue weighted by molar-refractivity contribution is 7.87. The van der Waals surface area contributed by atoms with Crippen LogP contribution in [0.4, 0.5) is 11.4 Å². The lowest BCUT2D eigenvalue weighted by molar-refractivity contribution is 0.583. The molecule has 0 aliphatic rings. The Bertz CT molecular complexity index is 1060. The van der Waals surface area contributed by atoms with Crippen molar-refractivity contribution in [3.05, 3.63) is 64.6 Å². The van der Waals surface area contributed by atoms with Gasteiger partial charge in [0.1, 0.15) is 5.65 Å². The first-order valence-electron chi connectivity index (χ1n) is 7.02. The number of nitrogens with two attached hydrogens (primary N) is 1. The van der Waals surface area contributed by atoms with E-state index >= 15 is 0 Å². The zero-order valence-electron chi connectivity index (χ0n) is 13.3. The number of nitrogens with zero attached hydrogens (tertiary/aromatic N) is 1. The lowest BCUT2D eigenvalue weighted by atomic mass is 10.2. The lowest BCUT2D eigenvalue weighted by Crippen LogP contribution is -2.30. The quantitative estimate of drug-likeness (QED) is 0.502. The largest absolute Gasteiger partial charge is 0.355 e. The molecule has 0 spiro atoms. The van der Waals surface area contributed by atoms with E-state index in [4.69, 9.17) is 5.14 Å². The number of pyridine rings is 2. The van der Waals surface area contributed by atoms with Crippen molar-refractivity contribution in [3.8, 4) is 0 Å². The first kappa shape index (κ1) is 21.9. The maximum absolute atomic E-state index is 11.4. The monoisotopic (exact) mass is 417 g/mol. The van der Waals surface area contributed by atoms with Crippen molar-refractivity contribution in [1.82, 2.24) is 14.7 Å². The average molecular weight is 418 g/mol. The first-order chi connectivity index (χ1) is 11.4. The molecule has 3 rings (SSSR count). The summed E-state index contributed by atoms with van der Waals surface area (Å²) in [4.78, 5) is 18.2. The number of fused-ring (bicyclic) bond motifs is 1. The van der Waals surface area contributed by atoms with E-state index in [1.165, 1.54) is 6.07 Å². The second-order valence-corrected chi connectivity index (χ2v) is 6.51. The molecular formula is C15H17Cl2N5O3S. The van der Waals surface area contributed by atoms with Crippen molar-refractivity contribution in [2.24, 2.45) is 5.14 Å². The number of hydrogen-bond acceptors (Lipinski definition) is 5. The van der Waals surface area contributed by atoms with Crippen LogP contribution in [-0.4, -0.2) is 18.4 Å².